The van der Waals surface area contributed by atoms with Crippen LogP contribution >= 0.6 is 0 Å². The maximum Gasteiger partial charge on any atom is 0.225 e. The fourth-order valence-electron chi connectivity index (χ4n) is 5.79. The molecular formula is C30H33FN10O. The van der Waals surface area contributed by atoms with Gasteiger partial charge in [0, 0.05) is 80.9 Å². The summed E-state index contributed by atoms with van der Waals surface area (Å²) in [6.07, 6.45) is 13.2. The second-order valence-corrected chi connectivity index (χ2v) is 11.1. The average molecular weight is 569 g/mol. The second-order valence-electron chi connectivity index (χ2n) is 11.1. The maximum atomic E-state index is 13.4. The van der Waals surface area contributed by atoms with Crippen LogP contribution in [0.25, 0.3) is 16.6 Å². The number of piperazine rings is 1. The third-order valence-corrected chi connectivity index (χ3v) is 8.43. The van der Waals surface area contributed by atoms with E-state index in [2.05, 4.69) is 51.9 Å². The molecule has 0 amide bonds. The Morgan fingerprint density at radius 3 is 2.31 bits per heavy atom. The van der Waals surface area contributed by atoms with Crippen molar-refractivity contribution in [1.29, 1.82) is 0 Å². The third-order valence-electron chi connectivity index (χ3n) is 8.43. The van der Waals surface area contributed by atoms with Crippen LogP contribution in [0.1, 0.15) is 36.9 Å². The van der Waals surface area contributed by atoms with E-state index >= 15 is 0 Å². The van der Waals surface area contributed by atoms with Gasteiger partial charge >= 0.3 is 0 Å². The van der Waals surface area contributed by atoms with Gasteiger partial charge < -0.3 is 20.3 Å². The number of halogens is 1. The number of fused-ring (bicyclic) bond motifs is 1. The molecule has 1 aromatic carbocycles. The van der Waals surface area contributed by atoms with Crippen molar-refractivity contribution >= 4 is 17.3 Å². The topological polar surface area (TPSA) is 116 Å². The number of rotatable bonds is 6. The Balaban J connectivity index is 1.04. The summed E-state index contributed by atoms with van der Waals surface area (Å²) in [5.41, 5.74) is 10.4. The monoisotopic (exact) mass is 568 g/mol. The number of anilines is 2. The molecule has 4 aromatic heterocycles. The smallest absolute Gasteiger partial charge is 0.225 e. The number of benzene rings is 1. The summed E-state index contributed by atoms with van der Waals surface area (Å²) in [7, 11) is 0. The summed E-state index contributed by atoms with van der Waals surface area (Å²) in [6.45, 7) is 6.48. The minimum atomic E-state index is -0.830. The quantitative estimate of drug-likeness (QED) is 0.329. The lowest BCUT2D eigenvalue weighted by Gasteiger charge is -2.35. The molecule has 7 rings (SSSR count). The van der Waals surface area contributed by atoms with Gasteiger partial charge in [-0.3, -0.25) is 4.68 Å². The molecule has 0 bridgehead atoms. The fraction of sp³-hybridized carbons (Fsp3) is 0.367. The van der Waals surface area contributed by atoms with Gasteiger partial charge in [-0.25, -0.2) is 23.9 Å². The molecule has 2 saturated heterocycles. The molecule has 0 radical (unpaired) electrons. The van der Waals surface area contributed by atoms with Crippen molar-refractivity contribution in [3.63, 3.8) is 0 Å². The van der Waals surface area contributed by atoms with Gasteiger partial charge in [0.15, 0.2) is 5.82 Å². The first-order valence-electron chi connectivity index (χ1n) is 14.3. The standard InChI is InChI=1S/C30H33FN10O/c1-30(32,23-2-4-25(31)5-3-23)24-16-33-29(34-17-24)39-10-8-38(9-11-39)28-27-14-21(18-41(27)37-20-35-28)22-15-36-40(19-22)26-6-12-42-13-7-26/h2-5,14-20,26H,6-13,32H2,1H3. The molecule has 1 atom stereocenters. The van der Waals surface area contributed by atoms with Crippen LogP contribution in [0.15, 0.2) is 67.6 Å². The van der Waals surface area contributed by atoms with Crippen LogP contribution in [-0.4, -0.2) is 73.7 Å². The highest BCUT2D eigenvalue weighted by Gasteiger charge is 2.27. The first kappa shape index (κ1) is 26.5. The highest BCUT2D eigenvalue weighted by molar-refractivity contribution is 5.77. The van der Waals surface area contributed by atoms with Crippen molar-refractivity contribution in [1.82, 2.24) is 34.3 Å². The van der Waals surface area contributed by atoms with E-state index in [9.17, 15) is 4.39 Å². The minimum Gasteiger partial charge on any atom is -0.381 e. The highest BCUT2D eigenvalue weighted by Crippen LogP contribution is 2.30. The predicted molar refractivity (Wildman–Crippen MR) is 157 cm³/mol. The van der Waals surface area contributed by atoms with E-state index in [1.807, 2.05) is 23.8 Å². The predicted octanol–water partition coefficient (Wildman–Crippen LogP) is 3.42. The lowest BCUT2D eigenvalue weighted by Crippen LogP contribution is -2.47. The zero-order valence-corrected chi connectivity index (χ0v) is 23.5. The van der Waals surface area contributed by atoms with E-state index < -0.39 is 5.54 Å². The molecule has 11 nitrogen and oxygen atoms in total. The SMILES string of the molecule is CC(N)(c1ccc(F)cc1)c1cnc(N2CCN(c3ncnn4cc(-c5cnn(C6CCOCC6)c5)cc34)CC2)nc1. The molecule has 42 heavy (non-hydrogen) atoms. The Hall–Kier alpha value is -4.42. The van der Waals surface area contributed by atoms with E-state index in [4.69, 9.17) is 10.5 Å². The number of ether oxygens (including phenoxy) is 1. The van der Waals surface area contributed by atoms with Crippen molar-refractivity contribution < 1.29 is 9.13 Å². The molecule has 0 saturated carbocycles. The van der Waals surface area contributed by atoms with E-state index in [0.717, 1.165) is 85.8 Å². The summed E-state index contributed by atoms with van der Waals surface area (Å²) in [4.78, 5) is 18.4. The Morgan fingerprint density at radius 1 is 0.857 bits per heavy atom. The van der Waals surface area contributed by atoms with Crippen LogP contribution in [-0.2, 0) is 10.3 Å². The van der Waals surface area contributed by atoms with Gasteiger partial charge in [-0.15, -0.1) is 0 Å². The van der Waals surface area contributed by atoms with Crippen LogP contribution < -0.4 is 15.5 Å². The lowest BCUT2D eigenvalue weighted by molar-refractivity contribution is 0.0662. The van der Waals surface area contributed by atoms with Crippen molar-refractivity contribution in [2.45, 2.75) is 31.3 Å². The van der Waals surface area contributed by atoms with E-state index in [1.165, 1.54) is 12.1 Å². The first-order valence-corrected chi connectivity index (χ1v) is 14.3. The summed E-state index contributed by atoms with van der Waals surface area (Å²) >= 11 is 0. The molecule has 2 aliphatic rings. The van der Waals surface area contributed by atoms with Crippen molar-refractivity contribution in [2.75, 3.05) is 49.2 Å². The number of hydrogen-bond acceptors (Lipinski definition) is 9. The fourth-order valence-corrected chi connectivity index (χ4v) is 5.79. The van der Waals surface area contributed by atoms with Crippen LogP contribution in [0.4, 0.5) is 16.2 Å². The second kappa shape index (κ2) is 10.8. The average Bonchev–Trinajstić information content (AvgIpc) is 3.70. The van der Waals surface area contributed by atoms with Crippen molar-refractivity contribution in [3.05, 3.63) is 84.6 Å². The maximum absolute atomic E-state index is 13.4. The summed E-state index contributed by atoms with van der Waals surface area (Å²) < 4.78 is 22.9. The number of hydrogen-bond donors (Lipinski definition) is 1. The Labute approximate surface area is 242 Å². The van der Waals surface area contributed by atoms with Gasteiger partial charge in [-0.2, -0.15) is 10.2 Å². The molecule has 5 aromatic rings. The van der Waals surface area contributed by atoms with Crippen LogP contribution in [0.5, 0.6) is 0 Å². The van der Waals surface area contributed by atoms with Crippen molar-refractivity contribution in [3.8, 4) is 11.1 Å². The van der Waals surface area contributed by atoms with Gasteiger partial charge in [0.05, 0.1) is 17.8 Å². The number of nitrogens with zero attached hydrogens (tertiary/aromatic N) is 9. The Morgan fingerprint density at radius 2 is 1.57 bits per heavy atom. The molecule has 12 heteroatoms. The molecule has 1 unspecified atom stereocenters. The normalized spacial score (nSPS) is 18.0. The van der Waals surface area contributed by atoms with Gasteiger partial charge in [-0.05, 0) is 43.5 Å². The third kappa shape index (κ3) is 4.96. The molecule has 0 aliphatic carbocycles. The zero-order valence-electron chi connectivity index (χ0n) is 23.5. The van der Waals surface area contributed by atoms with E-state index in [1.54, 1.807) is 30.9 Å². The van der Waals surface area contributed by atoms with E-state index in [0.29, 0.717) is 12.0 Å². The van der Waals surface area contributed by atoms with Gasteiger partial charge in [0.2, 0.25) is 5.95 Å². The van der Waals surface area contributed by atoms with Crippen LogP contribution in [0.2, 0.25) is 0 Å². The molecule has 2 fully saturated rings. The number of nitrogens with two attached hydrogens (primary N) is 1. The summed E-state index contributed by atoms with van der Waals surface area (Å²) in [6, 6.07) is 8.74. The van der Waals surface area contributed by atoms with Gasteiger partial charge in [0.1, 0.15) is 17.7 Å². The van der Waals surface area contributed by atoms with Crippen LogP contribution in [0, 0.1) is 5.82 Å². The molecular weight excluding hydrogens is 535 g/mol. The summed E-state index contributed by atoms with van der Waals surface area (Å²) in [5, 5.41) is 9.11. The molecule has 216 valence electrons. The van der Waals surface area contributed by atoms with Gasteiger partial charge in [0.25, 0.3) is 0 Å². The van der Waals surface area contributed by atoms with Gasteiger partial charge in [-0.1, -0.05) is 12.1 Å². The summed E-state index contributed by atoms with van der Waals surface area (Å²) in [5.74, 6) is 1.27. The minimum absolute atomic E-state index is 0.293. The highest BCUT2D eigenvalue weighted by atomic mass is 19.1. The van der Waals surface area contributed by atoms with Crippen LogP contribution in [0.3, 0.4) is 0 Å². The zero-order chi connectivity index (χ0) is 28.7. The molecule has 2 aliphatic heterocycles. The Kier molecular flexibility index (Phi) is 6.79. The van der Waals surface area contributed by atoms with E-state index in [-0.39, 0.29) is 5.82 Å². The van der Waals surface area contributed by atoms with Crippen molar-refractivity contribution in [2.24, 2.45) is 5.73 Å². The number of aromatic nitrogens is 7. The molecule has 6 heterocycles. The first-order chi connectivity index (χ1) is 20.5. The lowest BCUT2D eigenvalue weighted by atomic mass is 9.87. The largest absolute Gasteiger partial charge is 0.381 e. The molecule has 2 N–H and O–H groups in total. The Bertz CT molecular complexity index is 1670. The molecule has 0 spiro atoms.